The summed E-state index contributed by atoms with van der Waals surface area (Å²) in [5, 5.41) is 0. The summed E-state index contributed by atoms with van der Waals surface area (Å²) in [5.74, 6) is -1.67. The van der Waals surface area contributed by atoms with Gasteiger partial charge in [-0.2, -0.15) is 0 Å². The highest BCUT2D eigenvalue weighted by atomic mass is 19.1. The highest BCUT2D eigenvalue weighted by molar-refractivity contribution is 5.82. The molecule has 0 unspecified atom stereocenters. The van der Waals surface area contributed by atoms with E-state index in [-0.39, 0.29) is 17.7 Å². The second kappa shape index (κ2) is 8.46. The Bertz CT molecular complexity index is 626. The molecule has 1 atom stereocenters. The first-order valence-electron chi connectivity index (χ1n) is 8.02. The van der Waals surface area contributed by atoms with Gasteiger partial charge in [0.2, 0.25) is 5.91 Å². The molecule has 1 aromatic carbocycles. The van der Waals surface area contributed by atoms with Crippen molar-refractivity contribution in [2.75, 3.05) is 19.7 Å². The number of hydrogen-bond donors (Lipinski definition) is 1. The number of piperidine rings is 1. The fourth-order valence-electron chi connectivity index (χ4n) is 2.52. The standard InChI is InChI=1S/C17H21FN2O5/c1-11(25-14-4-2-13(18)3-5-14)17(23)24-10-15(21)20-8-6-12(7-9-20)16(19)22/h2-5,11-12H,6-10H2,1H3,(H2,19,22)/t11-/m1/s1. The molecule has 0 spiro atoms. The first-order chi connectivity index (χ1) is 11.9. The molecule has 7 nitrogen and oxygen atoms in total. The normalized spacial score (nSPS) is 16.2. The van der Waals surface area contributed by atoms with Crippen molar-refractivity contribution in [1.29, 1.82) is 0 Å². The van der Waals surface area contributed by atoms with Gasteiger partial charge in [-0.25, -0.2) is 9.18 Å². The Morgan fingerprint density at radius 1 is 1.24 bits per heavy atom. The van der Waals surface area contributed by atoms with Crippen molar-refractivity contribution in [2.45, 2.75) is 25.9 Å². The summed E-state index contributed by atoms with van der Waals surface area (Å²) in [6.07, 6.45) is 0.0944. The molecular formula is C17H21FN2O5. The SMILES string of the molecule is C[C@@H](Oc1ccc(F)cc1)C(=O)OCC(=O)N1CCC(C(N)=O)CC1. The van der Waals surface area contributed by atoms with Gasteiger partial charge in [-0.3, -0.25) is 9.59 Å². The van der Waals surface area contributed by atoms with Crippen LogP contribution in [0.1, 0.15) is 19.8 Å². The van der Waals surface area contributed by atoms with Crippen molar-refractivity contribution in [3.05, 3.63) is 30.1 Å². The van der Waals surface area contributed by atoms with Gasteiger partial charge in [0.25, 0.3) is 5.91 Å². The van der Waals surface area contributed by atoms with E-state index in [9.17, 15) is 18.8 Å². The molecule has 1 aliphatic rings. The number of ether oxygens (including phenoxy) is 2. The van der Waals surface area contributed by atoms with Crippen molar-refractivity contribution in [3.8, 4) is 5.75 Å². The van der Waals surface area contributed by atoms with E-state index in [1.807, 2.05) is 0 Å². The van der Waals surface area contributed by atoms with Crippen molar-refractivity contribution >= 4 is 17.8 Å². The Morgan fingerprint density at radius 2 is 1.84 bits per heavy atom. The van der Waals surface area contributed by atoms with E-state index in [4.69, 9.17) is 15.2 Å². The van der Waals surface area contributed by atoms with E-state index in [1.165, 1.54) is 36.1 Å². The van der Waals surface area contributed by atoms with Crippen molar-refractivity contribution in [3.63, 3.8) is 0 Å². The molecule has 2 rings (SSSR count). The molecule has 0 bridgehead atoms. The second-order valence-electron chi connectivity index (χ2n) is 5.88. The van der Waals surface area contributed by atoms with Crippen molar-refractivity contribution in [1.82, 2.24) is 4.90 Å². The van der Waals surface area contributed by atoms with Gasteiger partial charge in [-0.15, -0.1) is 0 Å². The van der Waals surface area contributed by atoms with Gasteiger partial charge < -0.3 is 20.1 Å². The van der Waals surface area contributed by atoms with Gasteiger partial charge in [0.15, 0.2) is 12.7 Å². The monoisotopic (exact) mass is 352 g/mol. The molecule has 1 fully saturated rings. The summed E-state index contributed by atoms with van der Waals surface area (Å²) in [5.41, 5.74) is 5.25. The molecule has 1 heterocycles. The van der Waals surface area contributed by atoms with Gasteiger partial charge in [0.05, 0.1) is 0 Å². The zero-order valence-electron chi connectivity index (χ0n) is 13.9. The quantitative estimate of drug-likeness (QED) is 0.766. The smallest absolute Gasteiger partial charge is 0.347 e. The molecule has 1 saturated heterocycles. The minimum absolute atomic E-state index is 0.212. The lowest BCUT2D eigenvalue weighted by molar-refractivity contribution is -0.157. The number of primary amides is 1. The van der Waals surface area contributed by atoms with Crippen LogP contribution in [0.2, 0.25) is 0 Å². The van der Waals surface area contributed by atoms with Gasteiger partial charge >= 0.3 is 5.97 Å². The zero-order valence-corrected chi connectivity index (χ0v) is 13.9. The molecule has 0 radical (unpaired) electrons. The summed E-state index contributed by atoms with van der Waals surface area (Å²) in [6, 6.07) is 5.22. The maximum absolute atomic E-state index is 12.8. The van der Waals surface area contributed by atoms with Crippen molar-refractivity contribution < 1.29 is 28.2 Å². The molecule has 1 aromatic rings. The third-order valence-electron chi connectivity index (χ3n) is 4.05. The first kappa shape index (κ1) is 18.7. The fourth-order valence-corrected chi connectivity index (χ4v) is 2.52. The number of carbonyl (C=O) groups excluding carboxylic acids is 3. The predicted octanol–water partition coefficient (Wildman–Crippen LogP) is 0.860. The molecule has 8 heteroatoms. The molecule has 2 amide bonds. The van der Waals surface area contributed by atoms with Crippen LogP contribution in [-0.2, 0) is 19.1 Å². The number of nitrogens with two attached hydrogens (primary N) is 1. The minimum Gasteiger partial charge on any atom is -0.479 e. The molecule has 1 aliphatic heterocycles. The third kappa shape index (κ3) is 5.44. The Balaban J connectivity index is 1.74. The number of amides is 2. The number of likely N-dealkylation sites (tertiary alicyclic amines) is 1. The Kier molecular flexibility index (Phi) is 6.32. The summed E-state index contributed by atoms with van der Waals surface area (Å²) in [4.78, 5) is 36.6. The summed E-state index contributed by atoms with van der Waals surface area (Å²) in [7, 11) is 0. The van der Waals surface area contributed by atoms with Gasteiger partial charge in [0.1, 0.15) is 11.6 Å². The summed E-state index contributed by atoms with van der Waals surface area (Å²) in [6.45, 7) is 1.91. The fraction of sp³-hybridized carbons (Fsp3) is 0.471. The van der Waals surface area contributed by atoms with Crippen LogP contribution in [0, 0.1) is 11.7 Å². The van der Waals surface area contributed by atoms with E-state index >= 15 is 0 Å². The van der Waals surface area contributed by atoms with Gasteiger partial charge in [0, 0.05) is 19.0 Å². The average Bonchev–Trinajstić information content (AvgIpc) is 2.61. The average molecular weight is 352 g/mol. The molecular weight excluding hydrogens is 331 g/mol. The second-order valence-corrected chi connectivity index (χ2v) is 5.88. The Morgan fingerprint density at radius 3 is 2.40 bits per heavy atom. The molecule has 0 aromatic heterocycles. The molecule has 0 aliphatic carbocycles. The Labute approximate surface area is 144 Å². The number of halogens is 1. The zero-order chi connectivity index (χ0) is 18.4. The van der Waals surface area contributed by atoms with E-state index in [2.05, 4.69) is 0 Å². The van der Waals surface area contributed by atoms with Gasteiger partial charge in [-0.05, 0) is 44.0 Å². The van der Waals surface area contributed by atoms with Crippen LogP contribution in [0.4, 0.5) is 4.39 Å². The van der Waals surface area contributed by atoms with Crippen LogP contribution in [0.5, 0.6) is 5.75 Å². The third-order valence-corrected chi connectivity index (χ3v) is 4.05. The number of hydrogen-bond acceptors (Lipinski definition) is 5. The van der Waals surface area contributed by atoms with Crippen LogP contribution < -0.4 is 10.5 Å². The lowest BCUT2D eigenvalue weighted by Gasteiger charge is -2.30. The molecule has 136 valence electrons. The lowest BCUT2D eigenvalue weighted by atomic mass is 9.96. The molecule has 2 N–H and O–H groups in total. The number of carbonyl (C=O) groups is 3. The van der Waals surface area contributed by atoms with Crippen LogP contribution >= 0.6 is 0 Å². The van der Waals surface area contributed by atoms with E-state index in [1.54, 1.807) is 0 Å². The van der Waals surface area contributed by atoms with E-state index < -0.39 is 24.5 Å². The predicted molar refractivity (Wildman–Crippen MR) is 85.9 cm³/mol. The number of rotatable bonds is 6. The van der Waals surface area contributed by atoms with Crippen LogP contribution in [0.25, 0.3) is 0 Å². The topological polar surface area (TPSA) is 98.9 Å². The van der Waals surface area contributed by atoms with Crippen molar-refractivity contribution in [2.24, 2.45) is 11.7 Å². The maximum atomic E-state index is 12.8. The van der Waals surface area contributed by atoms with E-state index in [0.29, 0.717) is 31.7 Å². The molecule has 25 heavy (non-hydrogen) atoms. The highest BCUT2D eigenvalue weighted by Gasteiger charge is 2.27. The maximum Gasteiger partial charge on any atom is 0.347 e. The minimum atomic E-state index is -0.932. The van der Waals surface area contributed by atoms with Crippen LogP contribution in [-0.4, -0.2) is 48.5 Å². The van der Waals surface area contributed by atoms with Crippen LogP contribution in [0.3, 0.4) is 0 Å². The number of benzene rings is 1. The summed E-state index contributed by atoms with van der Waals surface area (Å²) < 4.78 is 23.1. The highest BCUT2D eigenvalue weighted by Crippen LogP contribution is 2.17. The number of nitrogens with zero attached hydrogens (tertiary/aromatic N) is 1. The van der Waals surface area contributed by atoms with E-state index in [0.717, 1.165) is 0 Å². The van der Waals surface area contributed by atoms with Gasteiger partial charge in [-0.1, -0.05) is 0 Å². The van der Waals surface area contributed by atoms with Crippen LogP contribution in [0.15, 0.2) is 24.3 Å². The summed E-state index contributed by atoms with van der Waals surface area (Å²) >= 11 is 0. The Hall–Kier alpha value is -2.64. The lowest BCUT2D eigenvalue weighted by Crippen LogP contribution is -2.43. The largest absolute Gasteiger partial charge is 0.479 e. The first-order valence-corrected chi connectivity index (χ1v) is 8.02. The molecule has 0 saturated carbocycles. The number of esters is 1.